The van der Waals surface area contributed by atoms with Crippen LogP contribution in [0.15, 0.2) is 40.1 Å². The maximum absolute atomic E-state index is 2.42. The summed E-state index contributed by atoms with van der Waals surface area (Å²) in [5, 5.41) is 0. The van der Waals surface area contributed by atoms with Crippen molar-refractivity contribution in [2.24, 2.45) is 11.8 Å². The summed E-state index contributed by atoms with van der Waals surface area (Å²) >= 11 is -0.856. The molecule has 0 nitrogen and oxygen atoms in total. The van der Waals surface area contributed by atoms with E-state index in [-0.39, 0.29) is 24.8 Å². The van der Waals surface area contributed by atoms with Crippen LogP contribution in [-0.2, 0) is 22.9 Å². The molecule has 3 heteroatoms. The molecule has 2 aliphatic carbocycles. The second-order valence-corrected chi connectivity index (χ2v) is 11.0. The molecule has 0 saturated carbocycles. The summed E-state index contributed by atoms with van der Waals surface area (Å²) in [5.74, 6) is 1.44. The molecule has 0 aromatic carbocycles. The van der Waals surface area contributed by atoms with Crippen molar-refractivity contribution in [1.29, 1.82) is 0 Å². The average molecular weight is 492 g/mol. The minimum atomic E-state index is -0.856. The first kappa shape index (κ1) is 21.4. The van der Waals surface area contributed by atoms with E-state index in [2.05, 4.69) is 55.4 Å². The molecule has 0 aromatic rings. The van der Waals surface area contributed by atoms with Gasteiger partial charge in [-0.05, 0) is 0 Å². The monoisotopic (exact) mass is 492 g/mol. The van der Waals surface area contributed by atoms with E-state index in [0.29, 0.717) is 0 Å². The molecule has 0 aromatic heterocycles. The van der Waals surface area contributed by atoms with Crippen molar-refractivity contribution in [3.05, 3.63) is 40.1 Å². The molecule has 0 spiro atoms. The predicted molar refractivity (Wildman–Crippen MR) is 80.5 cm³/mol. The molecule has 0 saturated heterocycles. The molecule has 116 valence electrons. The van der Waals surface area contributed by atoms with Crippen LogP contribution in [0.4, 0.5) is 0 Å². The van der Waals surface area contributed by atoms with Gasteiger partial charge in [-0.15, -0.1) is 0 Å². The van der Waals surface area contributed by atoms with Crippen molar-refractivity contribution in [2.45, 2.75) is 55.4 Å². The maximum atomic E-state index is 2.42. The molecule has 0 bridgehead atoms. The molecular formula is C18H26Cl2Hf. The van der Waals surface area contributed by atoms with E-state index in [1.54, 1.807) is 33.4 Å². The Morgan fingerprint density at radius 2 is 0.857 bits per heavy atom. The molecular weight excluding hydrogens is 466 g/mol. The van der Waals surface area contributed by atoms with Crippen LogP contribution in [0, 0.1) is 11.8 Å². The summed E-state index contributed by atoms with van der Waals surface area (Å²) in [6.07, 6.45) is 0. The van der Waals surface area contributed by atoms with Crippen molar-refractivity contribution < 1.29 is 47.7 Å². The SMILES string of the molecule is CC1=C(C)C(C)[C]([Hf+2][C]2=C(C)C(C)=C(C)C2C)=C1C.[Cl-].[Cl-]. The summed E-state index contributed by atoms with van der Waals surface area (Å²) in [6, 6.07) is 0. The minimum Gasteiger partial charge on any atom is -1.00 e. The van der Waals surface area contributed by atoms with Gasteiger partial charge in [0.15, 0.2) is 0 Å². The van der Waals surface area contributed by atoms with Gasteiger partial charge in [0.25, 0.3) is 0 Å². The summed E-state index contributed by atoms with van der Waals surface area (Å²) in [4.78, 5) is 0. The molecule has 0 aliphatic heterocycles. The number of allylic oxidation sites excluding steroid dienone is 8. The molecule has 0 radical (unpaired) electrons. The normalized spacial score (nSPS) is 25.3. The van der Waals surface area contributed by atoms with Gasteiger partial charge in [-0.25, -0.2) is 0 Å². The van der Waals surface area contributed by atoms with Crippen LogP contribution >= 0.6 is 0 Å². The Morgan fingerprint density at radius 3 is 1.05 bits per heavy atom. The molecule has 0 N–H and O–H groups in total. The van der Waals surface area contributed by atoms with Crippen LogP contribution in [0.5, 0.6) is 0 Å². The van der Waals surface area contributed by atoms with Crippen molar-refractivity contribution in [1.82, 2.24) is 0 Å². The minimum absolute atomic E-state index is 0. The first-order valence-electron chi connectivity index (χ1n) is 7.31. The summed E-state index contributed by atoms with van der Waals surface area (Å²) in [6.45, 7) is 18.8. The Morgan fingerprint density at radius 1 is 0.571 bits per heavy atom. The Hall–Kier alpha value is 0.410. The van der Waals surface area contributed by atoms with Gasteiger partial charge in [-0.3, -0.25) is 0 Å². The van der Waals surface area contributed by atoms with Crippen molar-refractivity contribution in [2.75, 3.05) is 0 Å². The van der Waals surface area contributed by atoms with Crippen LogP contribution < -0.4 is 24.8 Å². The number of hydrogen-bond donors (Lipinski definition) is 0. The second kappa shape index (κ2) is 7.79. The standard InChI is InChI=1S/2C9H13.2ClH.Hf/c2*1-6-5-7(2)9(4)8(6)3;;;/h2*6H,1-4H3;2*1H;/q;;;;+2/p-2. The smallest absolute Gasteiger partial charge is 1.00 e. The van der Waals surface area contributed by atoms with Gasteiger partial charge in [0.05, 0.1) is 0 Å². The fraction of sp³-hybridized carbons (Fsp3) is 0.556. The third-order valence-corrected chi connectivity index (χ3v) is 13.3. The fourth-order valence-electron chi connectivity index (χ4n) is 3.28. The molecule has 0 heterocycles. The Balaban J connectivity index is 0.00000200. The van der Waals surface area contributed by atoms with Gasteiger partial charge in [-0.2, -0.15) is 0 Å². The Labute approximate surface area is 154 Å². The van der Waals surface area contributed by atoms with Gasteiger partial charge >= 0.3 is 130 Å². The fourth-order valence-corrected chi connectivity index (χ4v) is 10.1. The molecule has 0 amide bonds. The second-order valence-electron chi connectivity index (χ2n) is 6.26. The third-order valence-electron chi connectivity index (χ3n) is 5.55. The van der Waals surface area contributed by atoms with E-state index in [4.69, 9.17) is 0 Å². The van der Waals surface area contributed by atoms with E-state index < -0.39 is 22.9 Å². The summed E-state index contributed by atoms with van der Waals surface area (Å²) in [7, 11) is 0. The van der Waals surface area contributed by atoms with Gasteiger partial charge in [0.2, 0.25) is 0 Å². The van der Waals surface area contributed by atoms with Crippen molar-refractivity contribution in [3.63, 3.8) is 0 Å². The quantitative estimate of drug-likeness (QED) is 0.461. The largest absolute Gasteiger partial charge is 1.00 e. The molecule has 2 aliphatic rings. The van der Waals surface area contributed by atoms with Crippen LogP contribution in [0.3, 0.4) is 0 Å². The van der Waals surface area contributed by atoms with E-state index in [1.807, 2.05) is 6.66 Å². The Bertz CT molecular complexity index is 512. The van der Waals surface area contributed by atoms with E-state index in [1.165, 1.54) is 0 Å². The molecule has 21 heavy (non-hydrogen) atoms. The zero-order chi connectivity index (χ0) is 14.5. The van der Waals surface area contributed by atoms with E-state index in [9.17, 15) is 0 Å². The first-order valence-corrected chi connectivity index (χ1v) is 10.9. The maximum Gasteiger partial charge on any atom is -1.00 e. The number of rotatable bonds is 2. The third kappa shape index (κ3) is 3.51. The van der Waals surface area contributed by atoms with Crippen LogP contribution in [0.1, 0.15) is 55.4 Å². The zero-order valence-electron chi connectivity index (χ0n) is 14.4. The molecule has 2 rings (SSSR count). The number of halogens is 2. The zero-order valence-corrected chi connectivity index (χ0v) is 19.5. The molecule has 2 unspecified atom stereocenters. The van der Waals surface area contributed by atoms with Crippen LogP contribution in [0.25, 0.3) is 0 Å². The molecule has 2 atom stereocenters. The first-order chi connectivity index (χ1) is 8.77. The topological polar surface area (TPSA) is 0 Å². The average Bonchev–Trinajstić information content (AvgIpc) is 2.68. The van der Waals surface area contributed by atoms with E-state index in [0.717, 1.165) is 11.8 Å². The Kier molecular flexibility index (Phi) is 7.95. The predicted octanol–water partition coefficient (Wildman–Crippen LogP) is -0.403. The van der Waals surface area contributed by atoms with Gasteiger partial charge in [0, 0.05) is 0 Å². The van der Waals surface area contributed by atoms with Crippen molar-refractivity contribution in [3.8, 4) is 0 Å². The van der Waals surface area contributed by atoms with E-state index >= 15 is 0 Å². The van der Waals surface area contributed by atoms with Crippen LogP contribution in [0.2, 0.25) is 0 Å². The van der Waals surface area contributed by atoms with Gasteiger partial charge < -0.3 is 24.8 Å². The summed E-state index contributed by atoms with van der Waals surface area (Å²) < 4.78 is 3.69. The number of hydrogen-bond acceptors (Lipinski definition) is 0. The van der Waals surface area contributed by atoms with Gasteiger partial charge in [-0.1, -0.05) is 0 Å². The van der Waals surface area contributed by atoms with Gasteiger partial charge in [0.1, 0.15) is 0 Å². The summed E-state index contributed by atoms with van der Waals surface area (Å²) in [5.41, 5.74) is 9.63. The van der Waals surface area contributed by atoms with Crippen LogP contribution in [-0.4, -0.2) is 0 Å². The van der Waals surface area contributed by atoms with Crippen molar-refractivity contribution >= 4 is 0 Å². The molecule has 0 fully saturated rings.